The second-order valence-corrected chi connectivity index (χ2v) is 5.77. The predicted octanol–water partition coefficient (Wildman–Crippen LogP) is 1.77. The van der Waals surface area contributed by atoms with Gasteiger partial charge in [-0.3, -0.25) is 4.21 Å². The molecule has 0 amide bonds. The number of hydrogen-bond acceptors (Lipinski definition) is 5. The molecule has 3 rings (SSSR count). The first-order chi connectivity index (χ1) is 10.7. The first-order valence-electron chi connectivity index (χ1n) is 6.40. The monoisotopic (exact) mass is 312 g/mol. The van der Waals surface area contributed by atoms with E-state index in [1.807, 2.05) is 0 Å². The Morgan fingerprint density at radius 1 is 1.36 bits per heavy atom. The van der Waals surface area contributed by atoms with Gasteiger partial charge in [0.2, 0.25) is 0 Å². The van der Waals surface area contributed by atoms with Crippen molar-refractivity contribution in [2.24, 2.45) is 0 Å². The van der Waals surface area contributed by atoms with Crippen molar-refractivity contribution < 1.29 is 8.95 Å². The Morgan fingerprint density at radius 3 is 2.91 bits per heavy atom. The van der Waals surface area contributed by atoms with E-state index in [9.17, 15) is 4.21 Å². The molecule has 0 saturated heterocycles. The zero-order chi connectivity index (χ0) is 15.5. The van der Waals surface area contributed by atoms with Crippen LogP contribution in [0.4, 0.5) is 0 Å². The minimum Gasteiger partial charge on any atom is -0.481 e. The lowest BCUT2D eigenvalue weighted by Gasteiger charge is -2.08. The van der Waals surface area contributed by atoms with E-state index in [4.69, 9.17) is 11.2 Å². The zero-order valence-corrected chi connectivity index (χ0v) is 12.6. The van der Waals surface area contributed by atoms with Gasteiger partial charge in [0.05, 0.1) is 15.7 Å². The molecular formula is C15H12N4O2S. The van der Waals surface area contributed by atoms with Crippen LogP contribution in [0.2, 0.25) is 0 Å². The van der Waals surface area contributed by atoms with E-state index in [-0.39, 0.29) is 6.61 Å². The van der Waals surface area contributed by atoms with Gasteiger partial charge in [-0.15, -0.1) is 6.42 Å². The molecular weight excluding hydrogens is 300 g/mol. The smallest absolute Gasteiger partial charge is 0.197 e. The van der Waals surface area contributed by atoms with Crippen LogP contribution in [0.3, 0.4) is 0 Å². The quantitative estimate of drug-likeness (QED) is 0.743. The molecule has 0 radical (unpaired) electrons. The standard InChI is InChI=1S/C15H12N4O2S/c1-3-8-21-10-4-5-11(12(9-10)22(2)20)13-18-14-15(19-13)17-7-6-16-14/h1,4-7,9H,8H2,2H3,(H,16,17,18,19). The Hall–Kier alpha value is -2.72. The fraction of sp³-hybridized carbons (Fsp3) is 0.133. The molecule has 0 fully saturated rings. The summed E-state index contributed by atoms with van der Waals surface area (Å²) in [5, 5.41) is 0. The third-order valence-corrected chi connectivity index (χ3v) is 3.93. The molecule has 6 nitrogen and oxygen atoms in total. The van der Waals surface area contributed by atoms with Crippen LogP contribution in [0.25, 0.3) is 22.7 Å². The summed E-state index contributed by atoms with van der Waals surface area (Å²) in [6.45, 7) is 0.160. The largest absolute Gasteiger partial charge is 0.481 e. The van der Waals surface area contributed by atoms with Crippen molar-refractivity contribution in [1.29, 1.82) is 0 Å². The van der Waals surface area contributed by atoms with Crippen LogP contribution in [-0.2, 0) is 10.8 Å². The lowest BCUT2D eigenvalue weighted by molar-refractivity contribution is 0.369. The van der Waals surface area contributed by atoms with Crippen molar-refractivity contribution in [3.8, 4) is 29.5 Å². The Labute approximate surface area is 129 Å². The van der Waals surface area contributed by atoms with Crippen molar-refractivity contribution in [2.75, 3.05) is 12.9 Å². The number of imidazole rings is 1. The predicted molar refractivity (Wildman–Crippen MR) is 83.8 cm³/mol. The van der Waals surface area contributed by atoms with Gasteiger partial charge in [-0.25, -0.2) is 15.0 Å². The van der Waals surface area contributed by atoms with Crippen LogP contribution in [0.1, 0.15) is 0 Å². The summed E-state index contributed by atoms with van der Waals surface area (Å²) < 4.78 is 17.4. The third-order valence-electron chi connectivity index (χ3n) is 2.97. The summed E-state index contributed by atoms with van der Waals surface area (Å²) in [6.07, 6.45) is 9.93. The van der Waals surface area contributed by atoms with E-state index in [2.05, 4.69) is 25.9 Å². The molecule has 1 N–H and O–H groups in total. The van der Waals surface area contributed by atoms with Crippen molar-refractivity contribution in [2.45, 2.75) is 4.90 Å². The van der Waals surface area contributed by atoms with Gasteiger partial charge in [0, 0.05) is 24.2 Å². The van der Waals surface area contributed by atoms with E-state index in [0.717, 1.165) is 0 Å². The van der Waals surface area contributed by atoms with Crippen LogP contribution in [0.5, 0.6) is 5.75 Å². The second kappa shape index (κ2) is 5.95. The maximum atomic E-state index is 12.0. The number of fused-ring (bicyclic) bond motifs is 1. The van der Waals surface area contributed by atoms with E-state index in [1.165, 1.54) is 0 Å². The number of rotatable bonds is 4. The average molecular weight is 312 g/mol. The fourth-order valence-corrected chi connectivity index (χ4v) is 2.78. The number of aromatic nitrogens is 4. The molecule has 2 heterocycles. The van der Waals surface area contributed by atoms with Crippen molar-refractivity contribution >= 4 is 22.1 Å². The highest BCUT2D eigenvalue weighted by molar-refractivity contribution is 7.84. The molecule has 3 aromatic rings. The molecule has 2 aromatic heterocycles. The van der Waals surface area contributed by atoms with Crippen LogP contribution in [0.15, 0.2) is 35.5 Å². The van der Waals surface area contributed by atoms with Crippen LogP contribution < -0.4 is 4.74 Å². The molecule has 0 saturated carbocycles. The highest BCUT2D eigenvalue weighted by Gasteiger charge is 2.14. The lowest BCUT2D eigenvalue weighted by Crippen LogP contribution is -1.98. The van der Waals surface area contributed by atoms with Gasteiger partial charge in [0.25, 0.3) is 0 Å². The molecule has 1 aromatic carbocycles. The lowest BCUT2D eigenvalue weighted by atomic mass is 10.2. The van der Waals surface area contributed by atoms with Crippen molar-refractivity contribution in [3.63, 3.8) is 0 Å². The van der Waals surface area contributed by atoms with E-state index < -0.39 is 10.8 Å². The number of hydrogen-bond donors (Lipinski definition) is 1. The highest BCUT2D eigenvalue weighted by Crippen LogP contribution is 2.28. The Morgan fingerprint density at radius 2 is 2.18 bits per heavy atom. The van der Waals surface area contributed by atoms with Crippen molar-refractivity contribution in [3.05, 3.63) is 30.6 Å². The molecule has 0 spiro atoms. The molecule has 7 heteroatoms. The maximum Gasteiger partial charge on any atom is 0.197 e. The molecule has 0 aliphatic rings. The Balaban J connectivity index is 2.09. The molecule has 0 aliphatic heterocycles. The minimum atomic E-state index is -1.21. The Kier molecular flexibility index (Phi) is 3.85. The molecule has 22 heavy (non-hydrogen) atoms. The first kappa shape index (κ1) is 14.2. The summed E-state index contributed by atoms with van der Waals surface area (Å²) in [5.74, 6) is 3.53. The van der Waals surface area contributed by atoms with Gasteiger partial charge >= 0.3 is 0 Å². The van der Waals surface area contributed by atoms with Gasteiger partial charge in [-0.05, 0) is 18.2 Å². The van der Waals surface area contributed by atoms with Gasteiger partial charge < -0.3 is 9.72 Å². The van der Waals surface area contributed by atoms with Gasteiger partial charge in [-0.2, -0.15) is 0 Å². The van der Waals surface area contributed by atoms with Crippen LogP contribution in [-0.4, -0.2) is 37.0 Å². The first-order valence-corrected chi connectivity index (χ1v) is 7.95. The van der Waals surface area contributed by atoms with Gasteiger partial charge in [0.1, 0.15) is 18.2 Å². The SMILES string of the molecule is C#CCOc1ccc(-c2nc3nccnc3[nH]2)c(S(C)=O)c1. The minimum absolute atomic E-state index is 0.160. The number of H-pyrrole nitrogens is 1. The highest BCUT2D eigenvalue weighted by atomic mass is 32.2. The van der Waals surface area contributed by atoms with Gasteiger partial charge in [-0.1, -0.05) is 5.92 Å². The second-order valence-electron chi connectivity index (χ2n) is 4.42. The maximum absolute atomic E-state index is 12.0. The summed E-state index contributed by atoms with van der Waals surface area (Å²) in [5.41, 5.74) is 1.81. The average Bonchev–Trinajstić information content (AvgIpc) is 2.96. The fourth-order valence-electron chi connectivity index (χ4n) is 2.03. The van der Waals surface area contributed by atoms with Crippen molar-refractivity contribution in [1.82, 2.24) is 19.9 Å². The van der Waals surface area contributed by atoms with E-state index in [0.29, 0.717) is 33.3 Å². The Bertz CT molecular complexity index is 865. The van der Waals surface area contributed by atoms with Gasteiger partial charge in [0.15, 0.2) is 11.3 Å². The normalized spacial score (nSPS) is 12.0. The summed E-state index contributed by atoms with van der Waals surface area (Å²) >= 11 is 0. The number of nitrogens with one attached hydrogen (secondary N) is 1. The number of aromatic amines is 1. The molecule has 1 atom stereocenters. The summed E-state index contributed by atoms with van der Waals surface area (Å²) in [7, 11) is -1.21. The molecule has 1 unspecified atom stereocenters. The molecule has 0 bridgehead atoms. The zero-order valence-electron chi connectivity index (χ0n) is 11.7. The van der Waals surface area contributed by atoms with Crippen LogP contribution >= 0.6 is 0 Å². The number of ether oxygens (including phenoxy) is 1. The van der Waals surface area contributed by atoms with Crippen LogP contribution in [0, 0.1) is 12.3 Å². The molecule has 110 valence electrons. The number of nitrogens with zero attached hydrogens (tertiary/aromatic N) is 3. The third kappa shape index (κ3) is 2.69. The van der Waals surface area contributed by atoms with E-state index in [1.54, 1.807) is 36.8 Å². The summed E-state index contributed by atoms with van der Waals surface area (Å²) in [4.78, 5) is 16.4. The number of terminal acetylenes is 1. The van der Waals surface area contributed by atoms with E-state index >= 15 is 0 Å². The molecule has 0 aliphatic carbocycles. The topological polar surface area (TPSA) is 80.8 Å². The summed E-state index contributed by atoms with van der Waals surface area (Å²) in [6, 6.07) is 5.26. The number of benzene rings is 1.